The molecule has 1 aromatic carbocycles. The lowest BCUT2D eigenvalue weighted by Crippen LogP contribution is -2.59. The second-order valence-corrected chi connectivity index (χ2v) is 6.18. The predicted octanol–water partition coefficient (Wildman–Crippen LogP) is 2.31. The number of urea groups is 1. The first-order valence-electron chi connectivity index (χ1n) is 5.61. The van der Waals surface area contributed by atoms with E-state index in [0.717, 1.165) is 4.90 Å². The van der Waals surface area contributed by atoms with Crippen LogP contribution in [0, 0.1) is 8.99 Å². The van der Waals surface area contributed by atoms with Gasteiger partial charge in [0.25, 0.3) is 5.91 Å². The van der Waals surface area contributed by atoms with Crippen LogP contribution in [0.15, 0.2) is 18.2 Å². The summed E-state index contributed by atoms with van der Waals surface area (Å²) in [7, 11) is 0. The van der Waals surface area contributed by atoms with Crippen molar-refractivity contribution in [3.8, 4) is 0 Å². The van der Waals surface area contributed by atoms with E-state index in [1.165, 1.54) is 0 Å². The number of nitrogens with zero attached hydrogens (tertiary/aromatic N) is 1. The molecule has 0 aromatic heterocycles. The first-order chi connectivity index (χ1) is 8.95. The van der Waals surface area contributed by atoms with Crippen molar-refractivity contribution in [2.45, 2.75) is 12.8 Å². The van der Waals surface area contributed by atoms with Crippen molar-refractivity contribution < 1.29 is 14.4 Å². The van der Waals surface area contributed by atoms with Gasteiger partial charge in [-0.25, -0.2) is 9.69 Å². The zero-order chi connectivity index (χ0) is 13.8. The van der Waals surface area contributed by atoms with Crippen LogP contribution in [0.25, 0.3) is 0 Å². The first-order valence-corrected chi connectivity index (χ1v) is 7.06. The zero-order valence-electron chi connectivity index (χ0n) is 9.57. The molecule has 98 valence electrons. The molecule has 0 atom stereocenters. The summed E-state index contributed by atoms with van der Waals surface area (Å²) in [5, 5.41) is 2.77. The van der Waals surface area contributed by atoms with Gasteiger partial charge < -0.3 is 0 Å². The van der Waals surface area contributed by atoms with Gasteiger partial charge in [-0.05, 0) is 53.6 Å². The number of benzene rings is 1. The molecule has 1 aliphatic heterocycles. The molecule has 5 nitrogen and oxygen atoms in total. The number of barbiturate groups is 1. The van der Waals surface area contributed by atoms with E-state index in [1.807, 2.05) is 22.6 Å². The molecule has 1 heterocycles. The van der Waals surface area contributed by atoms with E-state index in [9.17, 15) is 14.4 Å². The molecule has 1 saturated heterocycles. The molecular formula is C12H8ClIN2O3. The third-order valence-electron chi connectivity index (χ3n) is 3.37. The maximum Gasteiger partial charge on any atom is 0.335 e. The normalized spacial score (nSPS) is 20.7. The highest BCUT2D eigenvalue weighted by Crippen LogP contribution is 2.50. The van der Waals surface area contributed by atoms with Crippen LogP contribution in [-0.4, -0.2) is 17.8 Å². The SMILES string of the molecule is O=C1NC(=O)C2(CC2)C(=O)N1c1ccc(Cl)cc1I. The summed E-state index contributed by atoms with van der Waals surface area (Å²) >= 11 is 7.86. The number of imide groups is 2. The van der Waals surface area contributed by atoms with Crippen molar-refractivity contribution in [2.24, 2.45) is 5.41 Å². The molecule has 1 saturated carbocycles. The van der Waals surface area contributed by atoms with E-state index >= 15 is 0 Å². The molecule has 1 N–H and O–H groups in total. The largest absolute Gasteiger partial charge is 0.335 e. The van der Waals surface area contributed by atoms with Gasteiger partial charge in [0, 0.05) is 8.59 Å². The topological polar surface area (TPSA) is 66.5 Å². The average Bonchev–Trinajstić information content (AvgIpc) is 3.11. The van der Waals surface area contributed by atoms with Crippen LogP contribution < -0.4 is 10.2 Å². The highest BCUT2D eigenvalue weighted by Gasteiger charge is 2.62. The van der Waals surface area contributed by atoms with Crippen molar-refractivity contribution in [2.75, 3.05) is 4.90 Å². The summed E-state index contributed by atoms with van der Waals surface area (Å²) < 4.78 is 0.679. The Morgan fingerprint density at radius 2 is 1.95 bits per heavy atom. The highest BCUT2D eigenvalue weighted by molar-refractivity contribution is 14.1. The van der Waals surface area contributed by atoms with Gasteiger partial charge in [0.2, 0.25) is 5.91 Å². The predicted molar refractivity (Wildman–Crippen MR) is 76.9 cm³/mol. The third kappa shape index (κ3) is 1.85. The molecule has 0 radical (unpaired) electrons. The lowest BCUT2D eigenvalue weighted by atomic mass is 10.0. The molecule has 2 aliphatic rings. The second kappa shape index (κ2) is 4.17. The highest BCUT2D eigenvalue weighted by atomic mass is 127. The number of rotatable bonds is 1. The molecule has 4 amide bonds. The van der Waals surface area contributed by atoms with E-state index in [-0.39, 0.29) is 0 Å². The maximum absolute atomic E-state index is 12.4. The van der Waals surface area contributed by atoms with E-state index in [4.69, 9.17) is 11.6 Å². The number of halogens is 2. The summed E-state index contributed by atoms with van der Waals surface area (Å²) in [5.41, 5.74) is -0.581. The van der Waals surface area contributed by atoms with Crippen LogP contribution >= 0.6 is 34.2 Å². The minimum Gasteiger partial charge on any atom is -0.276 e. The quantitative estimate of drug-likeness (QED) is 0.591. The number of nitrogens with one attached hydrogen (secondary N) is 1. The van der Waals surface area contributed by atoms with Gasteiger partial charge in [-0.3, -0.25) is 14.9 Å². The Hall–Kier alpha value is -1.15. The van der Waals surface area contributed by atoms with Crippen molar-refractivity contribution >= 4 is 57.7 Å². The Morgan fingerprint density at radius 3 is 2.53 bits per heavy atom. The fourth-order valence-corrected chi connectivity index (χ4v) is 3.24. The van der Waals surface area contributed by atoms with Gasteiger partial charge in [-0.2, -0.15) is 0 Å². The summed E-state index contributed by atoms with van der Waals surface area (Å²) in [6.45, 7) is 0. The molecule has 2 fully saturated rings. The van der Waals surface area contributed by atoms with Gasteiger partial charge >= 0.3 is 6.03 Å². The maximum atomic E-state index is 12.4. The smallest absolute Gasteiger partial charge is 0.276 e. The van der Waals surface area contributed by atoms with Crippen molar-refractivity contribution in [3.63, 3.8) is 0 Å². The lowest BCUT2D eigenvalue weighted by Gasteiger charge is -2.30. The summed E-state index contributed by atoms with van der Waals surface area (Å²) in [6, 6.07) is 4.17. The molecule has 19 heavy (non-hydrogen) atoms. The number of amides is 4. The zero-order valence-corrected chi connectivity index (χ0v) is 12.5. The van der Waals surface area contributed by atoms with E-state index < -0.39 is 23.3 Å². The van der Waals surface area contributed by atoms with Gasteiger partial charge in [0.1, 0.15) is 5.41 Å². The number of carbonyl (C=O) groups is 3. The van der Waals surface area contributed by atoms with Gasteiger partial charge in [-0.15, -0.1) is 0 Å². The first kappa shape index (κ1) is 12.9. The average molecular weight is 391 g/mol. The fraction of sp³-hybridized carbons (Fsp3) is 0.250. The minimum absolute atomic E-state index is 0.443. The fourth-order valence-electron chi connectivity index (χ4n) is 2.12. The Bertz CT molecular complexity index is 627. The van der Waals surface area contributed by atoms with Gasteiger partial charge in [0.15, 0.2) is 0 Å². The number of carbonyl (C=O) groups excluding carboxylic acids is 3. The Morgan fingerprint density at radius 1 is 1.26 bits per heavy atom. The molecule has 7 heteroatoms. The molecule has 1 aliphatic carbocycles. The van der Waals surface area contributed by atoms with Gasteiger partial charge in [0.05, 0.1) is 5.69 Å². The van der Waals surface area contributed by atoms with Gasteiger partial charge in [-0.1, -0.05) is 11.6 Å². The Kier molecular flexibility index (Phi) is 2.82. The van der Waals surface area contributed by atoms with Crippen LogP contribution in [0.4, 0.5) is 10.5 Å². The van der Waals surface area contributed by atoms with Crippen LogP contribution in [0.5, 0.6) is 0 Å². The monoisotopic (exact) mass is 390 g/mol. The third-order valence-corrected chi connectivity index (χ3v) is 4.47. The lowest BCUT2D eigenvalue weighted by molar-refractivity contribution is -0.136. The molecule has 3 rings (SSSR count). The minimum atomic E-state index is -1.03. The Labute approximate surface area is 127 Å². The van der Waals surface area contributed by atoms with Crippen molar-refractivity contribution in [1.82, 2.24) is 5.32 Å². The standard InChI is InChI=1S/C12H8ClIN2O3/c13-6-1-2-8(7(14)5-6)16-10(18)12(3-4-12)9(17)15-11(16)19/h1-2,5H,3-4H2,(H,15,17,19). The van der Waals surface area contributed by atoms with Crippen LogP contribution in [0.2, 0.25) is 5.02 Å². The summed E-state index contributed by atoms with van der Waals surface area (Å²) in [5.74, 6) is -0.927. The Balaban J connectivity index is 2.06. The van der Waals surface area contributed by atoms with Crippen molar-refractivity contribution in [1.29, 1.82) is 0 Å². The van der Waals surface area contributed by atoms with Crippen molar-refractivity contribution in [3.05, 3.63) is 26.8 Å². The number of anilines is 1. The van der Waals surface area contributed by atoms with Crippen LogP contribution in [-0.2, 0) is 9.59 Å². The van der Waals surface area contributed by atoms with E-state index in [0.29, 0.717) is 27.1 Å². The van der Waals surface area contributed by atoms with E-state index in [1.54, 1.807) is 18.2 Å². The molecule has 0 unspecified atom stereocenters. The number of hydrogen-bond acceptors (Lipinski definition) is 3. The molecular weight excluding hydrogens is 382 g/mol. The van der Waals surface area contributed by atoms with E-state index in [2.05, 4.69) is 5.32 Å². The summed E-state index contributed by atoms with van der Waals surface area (Å²) in [6.07, 6.45) is 0.983. The molecule has 1 spiro atoms. The molecule has 0 bridgehead atoms. The molecule has 1 aromatic rings. The number of hydrogen-bond donors (Lipinski definition) is 1. The van der Waals surface area contributed by atoms with Crippen LogP contribution in [0.3, 0.4) is 0 Å². The van der Waals surface area contributed by atoms with Crippen LogP contribution in [0.1, 0.15) is 12.8 Å². The second-order valence-electron chi connectivity index (χ2n) is 4.58. The summed E-state index contributed by atoms with van der Waals surface area (Å²) in [4.78, 5) is 37.0.